The summed E-state index contributed by atoms with van der Waals surface area (Å²) < 4.78 is 35.0. The van der Waals surface area contributed by atoms with Gasteiger partial charge < -0.3 is 14.3 Å². The minimum Gasteiger partial charge on any atom is -0.378 e. The van der Waals surface area contributed by atoms with Crippen LogP contribution in [0.1, 0.15) is 19.8 Å². The summed E-state index contributed by atoms with van der Waals surface area (Å²) in [5, 5.41) is 0. The quantitative estimate of drug-likeness (QED) is 0.874. The molecule has 3 rings (SSSR count). The third-order valence-corrected chi connectivity index (χ3v) is 4.29. The zero-order chi connectivity index (χ0) is 14.3. The maximum absolute atomic E-state index is 13.7. The number of H-pyrrole nitrogens is 1. The van der Waals surface area contributed by atoms with Gasteiger partial charge >= 0.3 is 0 Å². The molecule has 2 atom stereocenters. The zero-order valence-corrected chi connectivity index (χ0v) is 12.0. The summed E-state index contributed by atoms with van der Waals surface area (Å²) in [6.45, 7) is 3.44. The van der Waals surface area contributed by atoms with Gasteiger partial charge in [0.05, 0.1) is 11.6 Å². The molecule has 0 bridgehead atoms. The van der Waals surface area contributed by atoms with E-state index in [1.165, 1.54) is 6.07 Å². The van der Waals surface area contributed by atoms with Gasteiger partial charge in [-0.15, -0.1) is 0 Å². The van der Waals surface area contributed by atoms with E-state index in [9.17, 15) is 8.78 Å². The van der Waals surface area contributed by atoms with Crippen LogP contribution in [0, 0.1) is 22.3 Å². The van der Waals surface area contributed by atoms with Crippen LogP contribution < -0.4 is 0 Å². The van der Waals surface area contributed by atoms with Gasteiger partial charge in [-0.1, -0.05) is 6.92 Å². The second-order valence-corrected chi connectivity index (χ2v) is 5.58. The minimum atomic E-state index is -0.612. The highest BCUT2D eigenvalue weighted by Crippen LogP contribution is 2.27. The van der Waals surface area contributed by atoms with Crippen molar-refractivity contribution in [3.8, 4) is 0 Å². The first-order chi connectivity index (χ1) is 9.60. The molecule has 1 fully saturated rings. The summed E-state index contributed by atoms with van der Waals surface area (Å²) in [4.78, 5) is 2.82. The van der Waals surface area contributed by atoms with Crippen molar-refractivity contribution >= 4 is 23.3 Å². The number of aromatic amines is 1. The van der Waals surface area contributed by atoms with E-state index < -0.39 is 11.6 Å². The van der Waals surface area contributed by atoms with E-state index in [-0.39, 0.29) is 11.6 Å². The lowest BCUT2D eigenvalue weighted by atomic mass is 9.99. The van der Waals surface area contributed by atoms with Crippen LogP contribution in [0.2, 0.25) is 0 Å². The van der Waals surface area contributed by atoms with E-state index in [1.807, 2.05) is 0 Å². The number of imidazole rings is 1. The molecular weight excluding hydrogens is 282 g/mol. The molecule has 0 radical (unpaired) electrons. The van der Waals surface area contributed by atoms with Crippen LogP contribution in [0.4, 0.5) is 8.78 Å². The molecule has 6 heteroatoms. The Kier molecular flexibility index (Phi) is 3.60. The third-order valence-electron chi connectivity index (χ3n) is 3.97. The predicted molar refractivity (Wildman–Crippen MR) is 75.2 cm³/mol. The fourth-order valence-corrected chi connectivity index (χ4v) is 3.22. The molecule has 108 valence electrons. The number of benzene rings is 1. The van der Waals surface area contributed by atoms with E-state index in [0.29, 0.717) is 22.8 Å². The minimum absolute atomic E-state index is 0.195. The van der Waals surface area contributed by atoms with Crippen LogP contribution in [0.3, 0.4) is 0 Å². The Bertz CT molecular complexity index is 694. The molecule has 0 amide bonds. The van der Waals surface area contributed by atoms with Crippen LogP contribution >= 0.6 is 12.2 Å². The van der Waals surface area contributed by atoms with Gasteiger partial charge in [-0.25, -0.2) is 8.78 Å². The Hall–Kier alpha value is -1.27. The molecule has 0 aliphatic carbocycles. The molecular formula is C14H16F2N2OS. The van der Waals surface area contributed by atoms with Crippen molar-refractivity contribution in [1.82, 2.24) is 9.55 Å². The molecule has 3 nitrogen and oxygen atoms in total. The van der Waals surface area contributed by atoms with Gasteiger partial charge in [0.15, 0.2) is 10.6 Å². The Morgan fingerprint density at radius 2 is 2.25 bits per heavy atom. The average Bonchev–Trinajstić information content (AvgIpc) is 2.97. The van der Waals surface area contributed by atoms with Gasteiger partial charge in [-0.3, -0.25) is 0 Å². The number of fused-ring (bicyclic) bond motifs is 1. The maximum Gasteiger partial charge on any atom is 0.178 e. The van der Waals surface area contributed by atoms with E-state index in [4.69, 9.17) is 17.0 Å². The lowest BCUT2D eigenvalue weighted by Gasteiger charge is -2.17. The van der Waals surface area contributed by atoms with Crippen LogP contribution in [0.5, 0.6) is 0 Å². The topological polar surface area (TPSA) is 29.9 Å². The molecule has 1 aromatic heterocycles. The first-order valence-corrected chi connectivity index (χ1v) is 7.20. The summed E-state index contributed by atoms with van der Waals surface area (Å²) in [5.41, 5.74) is 0.748. The molecule has 0 spiro atoms. The van der Waals surface area contributed by atoms with Crippen molar-refractivity contribution in [3.05, 3.63) is 28.5 Å². The van der Waals surface area contributed by atoms with Gasteiger partial charge in [-0.05, 0) is 31.1 Å². The van der Waals surface area contributed by atoms with Gasteiger partial charge in [0, 0.05) is 25.1 Å². The smallest absolute Gasteiger partial charge is 0.178 e. The zero-order valence-electron chi connectivity index (χ0n) is 11.2. The van der Waals surface area contributed by atoms with E-state index in [2.05, 4.69) is 11.9 Å². The lowest BCUT2D eigenvalue weighted by molar-refractivity contribution is 0.0837. The number of nitrogens with one attached hydrogen (secondary N) is 1. The molecule has 1 N–H and O–H groups in total. The molecule has 2 unspecified atom stereocenters. The second-order valence-electron chi connectivity index (χ2n) is 5.19. The molecule has 1 aliphatic heterocycles. The van der Waals surface area contributed by atoms with Gasteiger partial charge in [0.25, 0.3) is 0 Å². The fraction of sp³-hybridized carbons (Fsp3) is 0.500. The SMILES string of the molecule is CCC1OCCC1Cn1c(=S)[nH]c2c(F)cc(F)cc21. The number of ether oxygens (including phenoxy) is 1. The lowest BCUT2D eigenvalue weighted by Crippen LogP contribution is -2.20. The molecule has 2 heterocycles. The van der Waals surface area contributed by atoms with Crippen LogP contribution in [-0.2, 0) is 11.3 Å². The Morgan fingerprint density at radius 3 is 3.00 bits per heavy atom. The maximum atomic E-state index is 13.7. The normalized spacial score (nSPS) is 22.8. The highest BCUT2D eigenvalue weighted by atomic mass is 32.1. The number of aromatic nitrogens is 2. The van der Waals surface area contributed by atoms with Crippen molar-refractivity contribution in [1.29, 1.82) is 0 Å². The molecule has 1 saturated heterocycles. The predicted octanol–water partition coefficient (Wildman–Crippen LogP) is 3.79. The van der Waals surface area contributed by atoms with Gasteiger partial charge in [0.2, 0.25) is 0 Å². The van der Waals surface area contributed by atoms with Crippen molar-refractivity contribution in [2.75, 3.05) is 6.61 Å². The van der Waals surface area contributed by atoms with Crippen LogP contribution in [0.15, 0.2) is 12.1 Å². The van der Waals surface area contributed by atoms with Crippen molar-refractivity contribution in [3.63, 3.8) is 0 Å². The third kappa shape index (κ3) is 2.27. The van der Waals surface area contributed by atoms with Crippen molar-refractivity contribution in [2.24, 2.45) is 5.92 Å². The highest BCUT2D eigenvalue weighted by molar-refractivity contribution is 7.71. The summed E-state index contributed by atoms with van der Waals surface area (Å²) in [5.74, 6) is -0.871. The Balaban J connectivity index is 2.03. The first kappa shape index (κ1) is 13.7. The molecule has 20 heavy (non-hydrogen) atoms. The number of hydrogen-bond donors (Lipinski definition) is 1. The molecule has 1 aliphatic rings. The first-order valence-electron chi connectivity index (χ1n) is 6.79. The van der Waals surface area contributed by atoms with E-state index in [0.717, 1.165) is 25.5 Å². The molecule has 1 aromatic carbocycles. The average molecular weight is 298 g/mol. The Morgan fingerprint density at radius 1 is 1.45 bits per heavy atom. The fourth-order valence-electron chi connectivity index (χ4n) is 2.95. The second kappa shape index (κ2) is 5.26. The number of rotatable bonds is 3. The van der Waals surface area contributed by atoms with Crippen molar-refractivity contribution < 1.29 is 13.5 Å². The summed E-state index contributed by atoms with van der Waals surface area (Å²) in [7, 11) is 0. The van der Waals surface area contributed by atoms with Gasteiger partial charge in [-0.2, -0.15) is 0 Å². The summed E-state index contributed by atoms with van der Waals surface area (Å²) >= 11 is 5.24. The van der Waals surface area contributed by atoms with Crippen LogP contribution in [0.25, 0.3) is 11.0 Å². The van der Waals surface area contributed by atoms with E-state index in [1.54, 1.807) is 4.57 Å². The standard InChI is InChI=1S/C14H16F2N2OS/c1-2-12-8(3-4-19-12)7-18-11-6-9(15)5-10(16)13(11)17-14(18)20/h5-6,8,12H,2-4,7H2,1H3,(H,17,20). The number of halogens is 2. The molecule has 2 aromatic rings. The number of hydrogen-bond acceptors (Lipinski definition) is 2. The van der Waals surface area contributed by atoms with Crippen molar-refractivity contribution in [2.45, 2.75) is 32.4 Å². The summed E-state index contributed by atoms with van der Waals surface area (Å²) in [6.07, 6.45) is 2.08. The highest BCUT2D eigenvalue weighted by Gasteiger charge is 2.27. The summed E-state index contributed by atoms with van der Waals surface area (Å²) in [6, 6.07) is 2.19. The Labute approximate surface area is 120 Å². The van der Waals surface area contributed by atoms with Gasteiger partial charge in [0.1, 0.15) is 11.3 Å². The monoisotopic (exact) mass is 298 g/mol. The molecule has 0 saturated carbocycles. The largest absolute Gasteiger partial charge is 0.378 e. The van der Waals surface area contributed by atoms with E-state index >= 15 is 0 Å². The van der Waals surface area contributed by atoms with Crippen LogP contribution in [-0.4, -0.2) is 22.3 Å². The number of nitrogens with zero attached hydrogens (tertiary/aromatic N) is 1.